The molecule has 258 valence electrons. The predicted molar refractivity (Wildman–Crippen MR) is 235 cm³/mol. The standard InChI is InChI=1S/C51H33N3S/c1-5-13-34(14-6-1)38-25-29-47-44(31-38)45-33-42(27-30-48(45)54(47)40-19-11-4-12-20-40)53(39-17-9-3-10-18-39)41-26-23-35-21-22-36-24-28-46-50(49(36)43(35)32-41)55-51(52-46)37-15-7-2-8-16-37/h1-33H. The van der Waals surface area contributed by atoms with Crippen molar-refractivity contribution in [3.8, 4) is 27.4 Å². The van der Waals surface area contributed by atoms with E-state index in [1.807, 2.05) is 0 Å². The highest BCUT2D eigenvalue weighted by Gasteiger charge is 2.19. The van der Waals surface area contributed by atoms with Gasteiger partial charge in [0, 0.05) is 44.5 Å². The van der Waals surface area contributed by atoms with Crippen LogP contribution in [-0.4, -0.2) is 9.55 Å². The number of benzene rings is 9. The summed E-state index contributed by atoms with van der Waals surface area (Å²) in [6.45, 7) is 0. The number of para-hydroxylation sites is 2. The van der Waals surface area contributed by atoms with Crippen molar-refractivity contribution in [2.45, 2.75) is 0 Å². The van der Waals surface area contributed by atoms with Crippen LogP contribution in [0.4, 0.5) is 17.1 Å². The van der Waals surface area contributed by atoms with Crippen molar-refractivity contribution < 1.29 is 0 Å². The van der Waals surface area contributed by atoms with E-state index in [9.17, 15) is 0 Å². The van der Waals surface area contributed by atoms with Crippen molar-refractivity contribution in [3.63, 3.8) is 0 Å². The Morgan fingerprint density at radius 1 is 0.418 bits per heavy atom. The summed E-state index contributed by atoms with van der Waals surface area (Å²) >= 11 is 1.78. The molecular formula is C51H33N3S. The normalized spacial score (nSPS) is 11.6. The first-order valence-corrected chi connectivity index (χ1v) is 19.4. The van der Waals surface area contributed by atoms with E-state index in [2.05, 4.69) is 210 Å². The summed E-state index contributed by atoms with van der Waals surface area (Å²) in [5, 5.41) is 8.37. The summed E-state index contributed by atoms with van der Waals surface area (Å²) in [6, 6.07) is 72.2. The molecule has 2 aromatic heterocycles. The highest BCUT2D eigenvalue weighted by molar-refractivity contribution is 7.22. The number of nitrogens with zero attached hydrogens (tertiary/aromatic N) is 3. The van der Waals surface area contributed by atoms with Gasteiger partial charge in [0.2, 0.25) is 0 Å². The van der Waals surface area contributed by atoms with Crippen molar-refractivity contribution in [1.29, 1.82) is 0 Å². The van der Waals surface area contributed by atoms with Gasteiger partial charge in [-0.25, -0.2) is 4.98 Å². The molecule has 55 heavy (non-hydrogen) atoms. The van der Waals surface area contributed by atoms with Crippen molar-refractivity contribution in [2.75, 3.05) is 4.90 Å². The minimum atomic E-state index is 1.03. The third kappa shape index (κ3) is 5.30. The molecular weight excluding hydrogens is 687 g/mol. The highest BCUT2D eigenvalue weighted by Crippen LogP contribution is 2.44. The van der Waals surface area contributed by atoms with E-state index in [0.717, 1.165) is 38.8 Å². The van der Waals surface area contributed by atoms with Crippen molar-refractivity contribution in [2.24, 2.45) is 0 Å². The van der Waals surface area contributed by atoms with Gasteiger partial charge in [0.15, 0.2) is 0 Å². The van der Waals surface area contributed by atoms with E-state index >= 15 is 0 Å². The molecule has 3 nitrogen and oxygen atoms in total. The minimum Gasteiger partial charge on any atom is -0.310 e. The van der Waals surface area contributed by atoms with Crippen LogP contribution in [0.15, 0.2) is 200 Å². The van der Waals surface area contributed by atoms with Crippen LogP contribution in [0.25, 0.3) is 81.0 Å². The predicted octanol–water partition coefficient (Wildman–Crippen LogP) is 14.5. The summed E-state index contributed by atoms with van der Waals surface area (Å²) in [5.74, 6) is 0. The monoisotopic (exact) mass is 719 g/mol. The molecule has 0 saturated carbocycles. The van der Waals surface area contributed by atoms with Gasteiger partial charge in [-0.3, -0.25) is 0 Å². The number of thiazole rings is 1. The molecule has 0 radical (unpaired) electrons. The molecule has 9 aromatic carbocycles. The number of hydrogen-bond donors (Lipinski definition) is 0. The molecule has 0 aliphatic heterocycles. The average Bonchev–Trinajstić information content (AvgIpc) is 3.84. The Hall–Kier alpha value is -7.01. The quantitative estimate of drug-likeness (QED) is 0.160. The number of rotatable bonds is 6. The lowest BCUT2D eigenvalue weighted by Gasteiger charge is -2.26. The minimum absolute atomic E-state index is 1.03. The van der Waals surface area contributed by atoms with Gasteiger partial charge >= 0.3 is 0 Å². The van der Waals surface area contributed by atoms with Gasteiger partial charge in [-0.05, 0) is 100 Å². The lowest BCUT2D eigenvalue weighted by Crippen LogP contribution is -2.09. The van der Waals surface area contributed by atoms with Crippen LogP contribution in [0.2, 0.25) is 0 Å². The van der Waals surface area contributed by atoms with E-state index < -0.39 is 0 Å². The smallest absolute Gasteiger partial charge is 0.124 e. The second-order valence-corrected chi connectivity index (χ2v) is 15.0. The largest absolute Gasteiger partial charge is 0.310 e. The Labute approximate surface area is 322 Å². The van der Waals surface area contributed by atoms with Crippen molar-refractivity contribution >= 4 is 82.0 Å². The summed E-state index contributed by atoms with van der Waals surface area (Å²) in [7, 11) is 0. The third-order valence-electron chi connectivity index (χ3n) is 10.8. The Morgan fingerprint density at radius 3 is 1.73 bits per heavy atom. The first-order chi connectivity index (χ1) is 27.3. The van der Waals surface area contributed by atoms with Crippen LogP contribution in [-0.2, 0) is 0 Å². The molecule has 0 aliphatic carbocycles. The Morgan fingerprint density at radius 2 is 0.982 bits per heavy atom. The molecule has 4 heteroatoms. The zero-order valence-corrected chi connectivity index (χ0v) is 30.6. The summed E-state index contributed by atoms with van der Waals surface area (Å²) < 4.78 is 3.61. The third-order valence-corrected chi connectivity index (χ3v) is 11.9. The van der Waals surface area contributed by atoms with Crippen LogP contribution in [0.1, 0.15) is 0 Å². The van der Waals surface area contributed by atoms with Crippen molar-refractivity contribution in [1.82, 2.24) is 9.55 Å². The molecule has 0 fully saturated rings. The first kappa shape index (κ1) is 31.5. The van der Waals surface area contributed by atoms with Crippen LogP contribution in [0.3, 0.4) is 0 Å². The second kappa shape index (κ2) is 12.8. The van der Waals surface area contributed by atoms with Crippen LogP contribution < -0.4 is 4.90 Å². The highest BCUT2D eigenvalue weighted by atomic mass is 32.1. The maximum absolute atomic E-state index is 5.10. The zero-order chi connectivity index (χ0) is 36.3. The number of aromatic nitrogens is 2. The fourth-order valence-corrected chi connectivity index (χ4v) is 9.33. The molecule has 0 spiro atoms. The van der Waals surface area contributed by atoms with Gasteiger partial charge < -0.3 is 9.47 Å². The second-order valence-electron chi connectivity index (χ2n) is 14.0. The maximum atomic E-state index is 5.10. The number of anilines is 3. The Bertz CT molecular complexity index is 3190. The Balaban J connectivity index is 1.14. The first-order valence-electron chi connectivity index (χ1n) is 18.6. The number of fused-ring (bicyclic) bond motifs is 8. The van der Waals surface area contributed by atoms with Crippen LogP contribution in [0, 0.1) is 0 Å². The van der Waals surface area contributed by atoms with Gasteiger partial charge in [-0.15, -0.1) is 11.3 Å². The van der Waals surface area contributed by atoms with Gasteiger partial charge in [0.25, 0.3) is 0 Å². The summed E-state index contributed by atoms with van der Waals surface area (Å²) in [6.07, 6.45) is 0. The molecule has 11 aromatic rings. The van der Waals surface area contributed by atoms with Gasteiger partial charge in [-0.1, -0.05) is 127 Å². The van der Waals surface area contributed by atoms with Crippen molar-refractivity contribution in [3.05, 3.63) is 200 Å². The molecule has 0 saturated heterocycles. The van der Waals surface area contributed by atoms with Gasteiger partial charge in [-0.2, -0.15) is 0 Å². The van der Waals surface area contributed by atoms with Crippen LogP contribution >= 0.6 is 11.3 Å². The molecule has 0 unspecified atom stereocenters. The van der Waals surface area contributed by atoms with E-state index in [0.29, 0.717) is 0 Å². The molecule has 2 heterocycles. The Kier molecular flexibility index (Phi) is 7.35. The van der Waals surface area contributed by atoms with E-state index in [1.54, 1.807) is 11.3 Å². The van der Waals surface area contributed by atoms with Gasteiger partial charge in [0.05, 0.1) is 21.3 Å². The summed E-state index contributed by atoms with van der Waals surface area (Å²) in [5.41, 5.74) is 11.4. The topological polar surface area (TPSA) is 21.1 Å². The molecule has 11 rings (SSSR count). The molecule has 0 amide bonds. The van der Waals surface area contributed by atoms with E-state index in [4.69, 9.17) is 4.98 Å². The maximum Gasteiger partial charge on any atom is 0.124 e. The van der Waals surface area contributed by atoms with E-state index in [-0.39, 0.29) is 0 Å². The molecule has 0 aliphatic rings. The molecule has 0 atom stereocenters. The fourth-order valence-electron chi connectivity index (χ4n) is 8.19. The molecule has 0 N–H and O–H groups in total. The molecule has 0 bridgehead atoms. The fraction of sp³-hybridized carbons (Fsp3) is 0. The SMILES string of the molecule is c1ccc(-c2ccc3c(c2)c2cc(N(c4ccccc4)c4ccc5ccc6ccc7nc(-c8ccccc8)sc7c6c5c4)ccc2n3-c2ccccc2)cc1. The van der Waals surface area contributed by atoms with Gasteiger partial charge in [0.1, 0.15) is 5.01 Å². The van der Waals surface area contributed by atoms with Crippen LogP contribution in [0.5, 0.6) is 0 Å². The lowest BCUT2D eigenvalue weighted by atomic mass is 10.00. The van der Waals surface area contributed by atoms with E-state index in [1.165, 1.54) is 59.2 Å². The average molecular weight is 720 g/mol. The lowest BCUT2D eigenvalue weighted by molar-refractivity contribution is 1.18. The zero-order valence-electron chi connectivity index (χ0n) is 29.8. The summed E-state index contributed by atoms with van der Waals surface area (Å²) in [4.78, 5) is 7.50. The number of hydrogen-bond acceptors (Lipinski definition) is 3.